The van der Waals surface area contributed by atoms with Crippen LogP contribution in [-0.4, -0.2) is 61.2 Å². The first-order chi connectivity index (χ1) is 12.0. The Morgan fingerprint density at radius 3 is 2.52 bits per heavy atom. The number of pyridine rings is 1. The van der Waals surface area contributed by atoms with Crippen molar-refractivity contribution in [3.63, 3.8) is 0 Å². The van der Waals surface area contributed by atoms with Crippen LogP contribution in [0.1, 0.15) is 37.7 Å². The summed E-state index contributed by atoms with van der Waals surface area (Å²) in [5, 5.41) is 2.89. The highest BCUT2D eigenvalue weighted by atomic mass is 16.6. The lowest BCUT2D eigenvalue weighted by molar-refractivity contribution is 0.0946. The second-order valence-electron chi connectivity index (χ2n) is 6.51. The minimum Gasteiger partial charge on any atom is -0.450 e. The Balaban J connectivity index is 1.84. The zero-order valence-corrected chi connectivity index (χ0v) is 15.3. The van der Waals surface area contributed by atoms with Crippen LogP contribution < -0.4 is 10.2 Å². The van der Waals surface area contributed by atoms with E-state index >= 15 is 0 Å². The van der Waals surface area contributed by atoms with Gasteiger partial charge in [0.2, 0.25) is 0 Å². The molecule has 0 atom stereocenters. The lowest BCUT2D eigenvalue weighted by Gasteiger charge is -2.35. The molecule has 2 heterocycles. The van der Waals surface area contributed by atoms with E-state index in [1.165, 1.54) is 0 Å². The maximum Gasteiger partial charge on any atom is 0.409 e. The van der Waals surface area contributed by atoms with Crippen LogP contribution in [0.4, 0.5) is 10.5 Å². The van der Waals surface area contributed by atoms with Crippen LogP contribution in [0.2, 0.25) is 0 Å². The van der Waals surface area contributed by atoms with Gasteiger partial charge in [-0.15, -0.1) is 0 Å². The van der Waals surface area contributed by atoms with E-state index in [4.69, 9.17) is 4.74 Å². The second-order valence-corrected chi connectivity index (χ2v) is 6.51. The van der Waals surface area contributed by atoms with Crippen molar-refractivity contribution < 1.29 is 14.3 Å². The Morgan fingerprint density at radius 1 is 1.24 bits per heavy atom. The molecule has 0 spiro atoms. The molecule has 2 amide bonds. The van der Waals surface area contributed by atoms with E-state index in [2.05, 4.69) is 29.0 Å². The largest absolute Gasteiger partial charge is 0.450 e. The van der Waals surface area contributed by atoms with Crippen LogP contribution in [0.3, 0.4) is 0 Å². The normalized spacial score (nSPS) is 14.6. The van der Waals surface area contributed by atoms with Crippen molar-refractivity contribution in [3.05, 3.63) is 24.0 Å². The standard InChI is InChI=1S/C18H28N4O3/c1-4-25-18(24)22-11-9-21(10-12-22)15-5-6-16(20-13-15)17(23)19-8-7-14(2)3/h5-6,13-14H,4,7-12H2,1-3H3,(H,19,23). The first-order valence-corrected chi connectivity index (χ1v) is 8.92. The summed E-state index contributed by atoms with van der Waals surface area (Å²) < 4.78 is 5.02. The van der Waals surface area contributed by atoms with E-state index in [1.54, 1.807) is 24.1 Å². The van der Waals surface area contributed by atoms with Crippen molar-refractivity contribution in [2.45, 2.75) is 27.2 Å². The molecule has 7 nitrogen and oxygen atoms in total. The summed E-state index contributed by atoms with van der Waals surface area (Å²) in [5.74, 6) is 0.420. The molecule has 0 radical (unpaired) electrons. The summed E-state index contributed by atoms with van der Waals surface area (Å²) in [5.41, 5.74) is 1.39. The molecule has 0 unspecified atom stereocenters. The third-order valence-corrected chi connectivity index (χ3v) is 4.16. The lowest BCUT2D eigenvalue weighted by Crippen LogP contribution is -2.49. The smallest absolute Gasteiger partial charge is 0.409 e. The quantitative estimate of drug-likeness (QED) is 0.852. The Labute approximate surface area is 149 Å². The van der Waals surface area contributed by atoms with Gasteiger partial charge in [0.15, 0.2) is 0 Å². The number of nitrogens with one attached hydrogen (secondary N) is 1. The minimum atomic E-state index is -0.256. The molecule has 1 aliphatic rings. The summed E-state index contributed by atoms with van der Waals surface area (Å²) in [6.45, 7) is 9.80. The number of carbonyl (C=O) groups is 2. The molecule has 1 aromatic rings. The Hall–Kier alpha value is -2.31. The van der Waals surface area contributed by atoms with Crippen molar-refractivity contribution in [2.24, 2.45) is 5.92 Å². The maximum atomic E-state index is 12.0. The van der Waals surface area contributed by atoms with Crippen molar-refractivity contribution in [1.29, 1.82) is 0 Å². The Morgan fingerprint density at radius 2 is 1.96 bits per heavy atom. The first kappa shape index (κ1) is 19.0. The van der Waals surface area contributed by atoms with Crippen molar-refractivity contribution in [3.8, 4) is 0 Å². The van der Waals surface area contributed by atoms with Crippen molar-refractivity contribution in [1.82, 2.24) is 15.2 Å². The zero-order chi connectivity index (χ0) is 18.2. The molecule has 7 heteroatoms. The van der Waals surface area contributed by atoms with Crippen LogP contribution in [0.25, 0.3) is 0 Å². The number of rotatable bonds is 6. The summed E-state index contributed by atoms with van der Waals surface area (Å²) in [7, 11) is 0. The van der Waals surface area contributed by atoms with Gasteiger partial charge in [0.05, 0.1) is 18.5 Å². The van der Waals surface area contributed by atoms with Gasteiger partial charge in [-0.25, -0.2) is 9.78 Å². The average molecular weight is 348 g/mol. The molecule has 1 N–H and O–H groups in total. The predicted octanol–water partition coefficient (Wildman–Crippen LogP) is 2.14. The van der Waals surface area contributed by atoms with E-state index in [9.17, 15) is 9.59 Å². The van der Waals surface area contributed by atoms with Gasteiger partial charge in [-0.2, -0.15) is 0 Å². The van der Waals surface area contributed by atoms with Gasteiger partial charge in [0.25, 0.3) is 5.91 Å². The molecule has 0 bridgehead atoms. The van der Waals surface area contributed by atoms with Crippen molar-refractivity contribution >= 4 is 17.7 Å². The predicted molar refractivity (Wildman–Crippen MR) is 96.8 cm³/mol. The van der Waals surface area contributed by atoms with Crippen LogP contribution in [0, 0.1) is 5.92 Å². The Bertz CT molecular complexity index is 566. The topological polar surface area (TPSA) is 74.8 Å². The third kappa shape index (κ3) is 5.62. The number of aromatic nitrogens is 1. The van der Waals surface area contributed by atoms with E-state index in [0.717, 1.165) is 25.2 Å². The van der Waals surface area contributed by atoms with Crippen LogP contribution in [0.5, 0.6) is 0 Å². The number of piperazine rings is 1. The number of nitrogens with zero attached hydrogens (tertiary/aromatic N) is 3. The maximum absolute atomic E-state index is 12.0. The van der Waals surface area contributed by atoms with E-state index in [1.807, 2.05) is 6.07 Å². The third-order valence-electron chi connectivity index (χ3n) is 4.16. The van der Waals surface area contributed by atoms with Gasteiger partial charge in [-0.1, -0.05) is 13.8 Å². The number of carbonyl (C=O) groups excluding carboxylic acids is 2. The molecule has 0 aliphatic carbocycles. The number of hydrogen-bond donors (Lipinski definition) is 1. The van der Waals surface area contributed by atoms with Crippen LogP contribution >= 0.6 is 0 Å². The summed E-state index contributed by atoms with van der Waals surface area (Å²) in [6, 6.07) is 3.65. The molecular formula is C18H28N4O3. The van der Waals surface area contributed by atoms with E-state index in [0.29, 0.717) is 37.9 Å². The van der Waals surface area contributed by atoms with Gasteiger partial charge >= 0.3 is 6.09 Å². The summed E-state index contributed by atoms with van der Waals surface area (Å²) >= 11 is 0. The van der Waals surface area contributed by atoms with Gasteiger partial charge in [-0.05, 0) is 31.4 Å². The van der Waals surface area contributed by atoms with Gasteiger partial charge in [0, 0.05) is 32.7 Å². The van der Waals surface area contributed by atoms with Gasteiger partial charge in [-0.3, -0.25) is 4.79 Å². The summed E-state index contributed by atoms with van der Waals surface area (Å²) in [4.78, 5) is 31.9. The monoisotopic (exact) mass is 348 g/mol. The fourth-order valence-corrected chi connectivity index (χ4v) is 2.63. The molecule has 0 saturated carbocycles. The molecule has 1 aliphatic heterocycles. The number of hydrogen-bond acceptors (Lipinski definition) is 5. The molecule has 1 fully saturated rings. The zero-order valence-electron chi connectivity index (χ0n) is 15.3. The summed E-state index contributed by atoms with van der Waals surface area (Å²) in [6.07, 6.45) is 2.42. The fraction of sp³-hybridized carbons (Fsp3) is 0.611. The average Bonchev–Trinajstić information content (AvgIpc) is 2.62. The molecule has 2 rings (SSSR count). The van der Waals surface area contributed by atoms with E-state index in [-0.39, 0.29) is 12.0 Å². The first-order valence-electron chi connectivity index (χ1n) is 8.92. The Kier molecular flexibility index (Phi) is 7.03. The van der Waals surface area contributed by atoms with Crippen LogP contribution in [0.15, 0.2) is 18.3 Å². The molecular weight excluding hydrogens is 320 g/mol. The minimum absolute atomic E-state index is 0.140. The second kappa shape index (κ2) is 9.25. The SMILES string of the molecule is CCOC(=O)N1CCN(c2ccc(C(=O)NCCC(C)C)nc2)CC1. The van der Waals surface area contributed by atoms with Crippen molar-refractivity contribution in [2.75, 3.05) is 44.2 Å². The highest BCUT2D eigenvalue weighted by Gasteiger charge is 2.22. The van der Waals surface area contributed by atoms with E-state index < -0.39 is 0 Å². The van der Waals surface area contributed by atoms with Crippen LogP contribution in [-0.2, 0) is 4.74 Å². The lowest BCUT2D eigenvalue weighted by atomic mass is 10.1. The molecule has 138 valence electrons. The number of ether oxygens (including phenoxy) is 1. The number of amides is 2. The highest BCUT2D eigenvalue weighted by molar-refractivity contribution is 5.92. The molecule has 1 saturated heterocycles. The number of anilines is 1. The molecule has 0 aromatic carbocycles. The van der Waals surface area contributed by atoms with Gasteiger partial charge < -0.3 is 19.9 Å². The highest BCUT2D eigenvalue weighted by Crippen LogP contribution is 2.16. The van der Waals surface area contributed by atoms with Gasteiger partial charge in [0.1, 0.15) is 5.69 Å². The molecule has 25 heavy (non-hydrogen) atoms. The fourth-order valence-electron chi connectivity index (χ4n) is 2.63. The molecule has 1 aromatic heterocycles.